The summed E-state index contributed by atoms with van der Waals surface area (Å²) < 4.78 is 4.72. The lowest BCUT2D eigenvalue weighted by molar-refractivity contribution is -0.145. The molecule has 3 unspecified atom stereocenters. The molecule has 0 saturated heterocycles. The zero-order valence-corrected chi connectivity index (χ0v) is 11.9. The van der Waals surface area contributed by atoms with Crippen molar-refractivity contribution < 1.29 is 9.53 Å². The molecule has 0 spiro atoms. The summed E-state index contributed by atoms with van der Waals surface area (Å²) in [4.78, 5) is 11.3. The van der Waals surface area contributed by atoms with Crippen molar-refractivity contribution in [2.45, 2.75) is 45.7 Å². The van der Waals surface area contributed by atoms with Gasteiger partial charge in [0.1, 0.15) is 0 Å². The van der Waals surface area contributed by atoms with E-state index in [-0.39, 0.29) is 11.9 Å². The lowest BCUT2D eigenvalue weighted by Gasteiger charge is -2.23. The molecule has 0 bridgehead atoms. The summed E-state index contributed by atoms with van der Waals surface area (Å²) in [5, 5.41) is 3.55. The minimum atomic E-state index is -0.119. The molecule has 0 amide bonds. The Kier molecular flexibility index (Phi) is 8.76. The van der Waals surface area contributed by atoms with E-state index >= 15 is 0 Å². The summed E-state index contributed by atoms with van der Waals surface area (Å²) in [6.07, 6.45) is 4.07. The van der Waals surface area contributed by atoms with Gasteiger partial charge in [-0.1, -0.05) is 13.8 Å². The van der Waals surface area contributed by atoms with Crippen LogP contribution in [-0.4, -0.2) is 37.2 Å². The average molecular weight is 247 g/mol. The first-order valence-corrected chi connectivity index (χ1v) is 7.27. The number of thioether (sulfide) groups is 1. The number of nitrogens with one attached hydrogen (secondary N) is 1. The Hall–Kier alpha value is -0.220. The fourth-order valence-electron chi connectivity index (χ4n) is 1.78. The zero-order chi connectivity index (χ0) is 12.6. The van der Waals surface area contributed by atoms with Gasteiger partial charge < -0.3 is 10.1 Å². The van der Waals surface area contributed by atoms with Crippen molar-refractivity contribution in [2.24, 2.45) is 5.92 Å². The number of methoxy groups -OCH3 is 1. The van der Waals surface area contributed by atoms with Crippen LogP contribution in [0.2, 0.25) is 0 Å². The average Bonchev–Trinajstić information content (AvgIpc) is 2.27. The number of rotatable bonds is 8. The number of ether oxygens (including phenoxy) is 1. The first-order valence-electron chi connectivity index (χ1n) is 5.87. The van der Waals surface area contributed by atoms with E-state index in [9.17, 15) is 4.79 Å². The third-order valence-corrected chi connectivity index (χ3v) is 3.43. The quantitative estimate of drug-likeness (QED) is 0.668. The summed E-state index contributed by atoms with van der Waals surface area (Å²) in [6.45, 7) is 6.23. The van der Waals surface area contributed by atoms with Crippen LogP contribution in [0.5, 0.6) is 0 Å². The molecule has 1 N–H and O–H groups in total. The van der Waals surface area contributed by atoms with Crippen molar-refractivity contribution in [1.29, 1.82) is 0 Å². The molecule has 96 valence electrons. The molecule has 0 fully saturated rings. The van der Waals surface area contributed by atoms with Gasteiger partial charge in [0, 0.05) is 17.8 Å². The van der Waals surface area contributed by atoms with Gasteiger partial charge in [-0.15, -0.1) is 0 Å². The number of hydrogen-bond donors (Lipinski definition) is 1. The van der Waals surface area contributed by atoms with Gasteiger partial charge in [0.05, 0.1) is 13.0 Å². The Morgan fingerprint density at radius 2 is 2.06 bits per heavy atom. The molecule has 0 aliphatic rings. The normalized spacial score (nSPS) is 16.6. The third kappa shape index (κ3) is 6.38. The van der Waals surface area contributed by atoms with Crippen LogP contribution in [0, 0.1) is 5.92 Å². The van der Waals surface area contributed by atoms with Gasteiger partial charge in [0.2, 0.25) is 0 Å². The first-order chi connectivity index (χ1) is 7.54. The maximum atomic E-state index is 11.3. The van der Waals surface area contributed by atoms with Crippen LogP contribution in [-0.2, 0) is 9.53 Å². The Labute approximate surface area is 104 Å². The predicted molar refractivity (Wildman–Crippen MR) is 70.9 cm³/mol. The second-order valence-corrected chi connectivity index (χ2v) is 5.20. The Morgan fingerprint density at radius 1 is 1.44 bits per heavy atom. The third-order valence-electron chi connectivity index (χ3n) is 2.69. The molecule has 0 rings (SSSR count). The van der Waals surface area contributed by atoms with E-state index in [2.05, 4.69) is 25.4 Å². The summed E-state index contributed by atoms with van der Waals surface area (Å²) in [5.41, 5.74) is 0. The molecule has 0 aromatic carbocycles. The van der Waals surface area contributed by atoms with Gasteiger partial charge in [0.15, 0.2) is 0 Å². The van der Waals surface area contributed by atoms with E-state index in [0.717, 1.165) is 18.6 Å². The van der Waals surface area contributed by atoms with Crippen LogP contribution in [0.25, 0.3) is 0 Å². The van der Waals surface area contributed by atoms with Crippen molar-refractivity contribution in [3.8, 4) is 0 Å². The molecule has 0 aliphatic carbocycles. The Morgan fingerprint density at radius 3 is 2.50 bits per heavy atom. The molecular weight excluding hydrogens is 222 g/mol. The van der Waals surface area contributed by atoms with Crippen molar-refractivity contribution >= 4 is 17.7 Å². The Bertz CT molecular complexity index is 199. The molecule has 0 aliphatic heterocycles. The van der Waals surface area contributed by atoms with Gasteiger partial charge in [-0.3, -0.25) is 4.79 Å². The maximum absolute atomic E-state index is 11.3. The molecule has 0 aromatic rings. The number of carbonyl (C=O) groups excluding carboxylic acids is 1. The number of carbonyl (C=O) groups is 1. The monoisotopic (exact) mass is 247 g/mol. The molecule has 0 heterocycles. The lowest BCUT2D eigenvalue weighted by atomic mass is 10.0. The van der Waals surface area contributed by atoms with Crippen LogP contribution >= 0.6 is 11.8 Å². The molecular formula is C12H25NO2S. The molecule has 16 heavy (non-hydrogen) atoms. The van der Waals surface area contributed by atoms with E-state index in [0.29, 0.717) is 12.1 Å². The highest BCUT2D eigenvalue weighted by atomic mass is 32.2. The summed E-state index contributed by atoms with van der Waals surface area (Å²) in [5.74, 6) is 0.971. The predicted octanol–water partition coefficient (Wildman–Crippen LogP) is 2.31. The number of hydrogen-bond acceptors (Lipinski definition) is 4. The minimum Gasteiger partial charge on any atom is -0.469 e. The second kappa shape index (κ2) is 8.88. The van der Waals surface area contributed by atoms with E-state index in [1.165, 1.54) is 7.11 Å². The Balaban J connectivity index is 3.95. The highest BCUT2D eigenvalue weighted by Gasteiger charge is 2.18. The molecule has 0 radical (unpaired) electrons. The van der Waals surface area contributed by atoms with Gasteiger partial charge in [-0.2, -0.15) is 11.8 Å². The molecule has 0 aromatic heterocycles. The van der Waals surface area contributed by atoms with Crippen LogP contribution in [0.3, 0.4) is 0 Å². The van der Waals surface area contributed by atoms with Crippen LogP contribution in [0.4, 0.5) is 0 Å². The van der Waals surface area contributed by atoms with Crippen molar-refractivity contribution in [3.63, 3.8) is 0 Å². The van der Waals surface area contributed by atoms with Gasteiger partial charge in [0.25, 0.3) is 0 Å². The standard InChI is InChI=1S/C12H25NO2S/c1-6-11(8-16-5)13-10(3)7-9(2)12(14)15-4/h9-11,13H,6-8H2,1-5H3. The van der Waals surface area contributed by atoms with Gasteiger partial charge in [-0.05, 0) is 26.0 Å². The van der Waals surface area contributed by atoms with Crippen molar-refractivity contribution in [2.75, 3.05) is 19.1 Å². The van der Waals surface area contributed by atoms with Gasteiger partial charge in [-0.25, -0.2) is 0 Å². The fourth-order valence-corrected chi connectivity index (χ4v) is 2.52. The lowest BCUT2D eigenvalue weighted by Crippen LogP contribution is -2.39. The van der Waals surface area contributed by atoms with Crippen LogP contribution < -0.4 is 5.32 Å². The van der Waals surface area contributed by atoms with Crippen LogP contribution in [0.15, 0.2) is 0 Å². The molecule has 4 heteroatoms. The summed E-state index contributed by atoms with van der Waals surface area (Å²) >= 11 is 1.85. The summed E-state index contributed by atoms with van der Waals surface area (Å²) in [7, 11) is 1.44. The van der Waals surface area contributed by atoms with Crippen LogP contribution in [0.1, 0.15) is 33.6 Å². The first kappa shape index (κ1) is 15.8. The molecule has 3 nitrogen and oxygen atoms in total. The minimum absolute atomic E-state index is 0.0284. The second-order valence-electron chi connectivity index (χ2n) is 4.29. The topological polar surface area (TPSA) is 38.3 Å². The summed E-state index contributed by atoms with van der Waals surface area (Å²) in [6, 6.07) is 0.890. The van der Waals surface area contributed by atoms with E-state index in [1.807, 2.05) is 18.7 Å². The fraction of sp³-hybridized carbons (Fsp3) is 0.917. The zero-order valence-electron chi connectivity index (χ0n) is 11.1. The van der Waals surface area contributed by atoms with Crippen molar-refractivity contribution in [1.82, 2.24) is 5.32 Å². The SMILES string of the molecule is CCC(CSC)NC(C)CC(C)C(=O)OC. The van der Waals surface area contributed by atoms with Gasteiger partial charge >= 0.3 is 5.97 Å². The van der Waals surface area contributed by atoms with E-state index < -0.39 is 0 Å². The van der Waals surface area contributed by atoms with E-state index in [1.54, 1.807) is 0 Å². The highest BCUT2D eigenvalue weighted by Crippen LogP contribution is 2.10. The smallest absolute Gasteiger partial charge is 0.308 e. The highest BCUT2D eigenvalue weighted by molar-refractivity contribution is 7.98. The largest absolute Gasteiger partial charge is 0.469 e. The molecule has 0 saturated carbocycles. The maximum Gasteiger partial charge on any atom is 0.308 e. The number of esters is 1. The van der Waals surface area contributed by atoms with E-state index in [4.69, 9.17) is 4.74 Å². The van der Waals surface area contributed by atoms with Crippen molar-refractivity contribution in [3.05, 3.63) is 0 Å². The molecule has 3 atom stereocenters.